The van der Waals surface area contributed by atoms with E-state index in [1.165, 1.54) is 0 Å². The summed E-state index contributed by atoms with van der Waals surface area (Å²) in [6, 6.07) is 7.63. The molecule has 106 valence electrons. The van der Waals surface area contributed by atoms with E-state index in [0.29, 0.717) is 25.6 Å². The molecule has 0 aliphatic carbocycles. The van der Waals surface area contributed by atoms with Crippen LogP contribution in [0.3, 0.4) is 0 Å². The first-order valence-electron chi connectivity index (χ1n) is 6.85. The maximum Gasteiger partial charge on any atom is 0.315 e. The van der Waals surface area contributed by atoms with Crippen LogP contribution in [-0.2, 0) is 6.54 Å². The summed E-state index contributed by atoms with van der Waals surface area (Å²) in [6.07, 6.45) is 0.997. The Kier molecular flexibility index (Phi) is 6.79. The Morgan fingerprint density at radius 1 is 1.21 bits per heavy atom. The lowest BCUT2D eigenvalue weighted by Gasteiger charge is -2.09. The van der Waals surface area contributed by atoms with E-state index in [0.717, 1.165) is 17.7 Å². The summed E-state index contributed by atoms with van der Waals surface area (Å²) in [5.74, 6) is 1.46. The Hall–Kier alpha value is -1.71. The minimum atomic E-state index is -0.116. The second-order valence-electron chi connectivity index (χ2n) is 4.87. The van der Waals surface area contributed by atoms with Gasteiger partial charge in [-0.05, 0) is 37.0 Å². The van der Waals surface area contributed by atoms with E-state index in [9.17, 15) is 4.79 Å². The molecule has 0 saturated heterocycles. The minimum Gasteiger partial charge on any atom is -0.494 e. The van der Waals surface area contributed by atoms with Gasteiger partial charge in [-0.2, -0.15) is 0 Å². The van der Waals surface area contributed by atoms with Gasteiger partial charge in [-0.3, -0.25) is 0 Å². The second kappa shape index (κ2) is 8.40. The van der Waals surface area contributed by atoms with Crippen LogP contribution in [-0.4, -0.2) is 19.2 Å². The maximum atomic E-state index is 11.5. The fourth-order valence-electron chi connectivity index (χ4n) is 1.59. The molecule has 2 N–H and O–H groups in total. The summed E-state index contributed by atoms with van der Waals surface area (Å²) in [5.41, 5.74) is 1.06. The van der Waals surface area contributed by atoms with Crippen molar-refractivity contribution in [1.82, 2.24) is 10.6 Å². The van der Waals surface area contributed by atoms with Crippen molar-refractivity contribution in [2.45, 2.75) is 33.7 Å². The lowest BCUT2D eigenvalue weighted by atomic mass is 10.1. The second-order valence-corrected chi connectivity index (χ2v) is 4.87. The highest BCUT2D eigenvalue weighted by Crippen LogP contribution is 2.11. The van der Waals surface area contributed by atoms with Crippen molar-refractivity contribution >= 4 is 6.03 Å². The van der Waals surface area contributed by atoms with Crippen molar-refractivity contribution in [2.75, 3.05) is 13.2 Å². The van der Waals surface area contributed by atoms with Gasteiger partial charge in [0.05, 0.1) is 6.61 Å². The lowest BCUT2D eigenvalue weighted by Crippen LogP contribution is -2.35. The third kappa shape index (κ3) is 6.70. The van der Waals surface area contributed by atoms with Crippen LogP contribution < -0.4 is 15.4 Å². The standard InChI is InChI=1S/C15H24N2O2/c1-4-19-14-7-5-13(6-8-14)11-17-15(18)16-10-9-12(2)3/h5-8,12H,4,9-11H2,1-3H3,(H2,16,17,18). The Balaban J connectivity index is 2.25. The number of amides is 2. The molecule has 0 bridgehead atoms. The number of hydrogen-bond acceptors (Lipinski definition) is 2. The first-order chi connectivity index (χ1) is 9.11. The molecule has 0 aliphatic heterocycles. The quantitative estimate of drug-likeness (QED) is 0.795. The predicted molar refractivity (Wildman–Crippen MR) is 77.3 cm³/mol. The molecule has 0 spiro atoms. The number of hydrogen-bond donors (Lipinski definition) is 2. The Labute approximate surface area is 115 Å². The number of benzene rings is 1. The van der Waals surface area contributed by atoms with Gasteiger partial charge in [-0.25, -0.2) is 4.79 Å². The molecule has 0 aliphatic rings. The fourth-order valence-corrected chi connectivity index (χ4v) is 1.59. The molecule has 0 radical (unpaired) electrons. The molecule has 0 heterocycles. The van der Waals surface area contributed by atoms with Crippen LogP contribution in [0.2, 0.25) is 0 Å². The summed E-state index contributed by atoms with van der Waals surface area (Å²) in [4.78, 5) is 11.5. The van der Waals surface area contributed by atoms with Gasteiger partial charge in [0.15, 0.2) is 0 Å². The van der Waals surface area contributed by atoms with Crippen molar-refractivity contribution in [1.29, 1.82) is 0 Å². The molecule has 4 heteroatoms. The highest BCUT2D eigenvalue weighted by Gasteiger charge is 2.01. The Bertz CT molecular complexity index is 374. The molecule has 0 aromatic heterocycles. The summed E-state index contributed by atoms with van der Waals surface area (Å²) in [6.45, 7) is 8.14. The van der Waals surface area contributed by atoms with Crippen LogP contribution in [0.4, 0.5) is 4.79 Å². The molecule has 0 fully saturated rings. The van der Waals surface area contributed by atoms with Gasteiger partial charge < -0.3 is 15.4 Å². The van der Waals surface area contributed by atoms with E-state index in [2.05, 4.69) is 24.5 Å². The smallest absolute Gasteiger partial charge is 0.315 e. The van der Waals surface area contributed by atoms with E-state index < -0.39 is 0 Å². The van der Waals surface area contributed by atoms with E-state index in [1.807, 2.05) is 31.2 Å². The molecular formula is C15H24N2O2. The summed E-state index contributed by atoms with van der Waals surface area (Å²) >= 11 is 0. The number of ether oxygens (including phenoxy) is 1. The highest BCUT2D eigenvalue weighted by atomic mass is 16.5. The van der Waals surface area contributed by atoms with Crippen molar-refractivity contribution in [2.24, 2.45) is 5.92 Å². The van der Waals surface area contributed by atoms with E-state index in [4.69, 9.17) is 4.74 Å². The molecule has 1 aromatic carbocycles. The molecular weight excluding hydrogens is 240 g/mol. The van der Waals surface area contributed by atoms with Crippen LogP contribution in [0, 0.1) is 5.92 Å². The fraction of sp³-hybridized carbons (Fsp3) is 0.533. The molecule has 1 rings (SSSR count). The number of nitrogens with one attached hydrogen (secondary N) is 2. The predicted octanol–water partition coefficient (Wildman–Crippen LogP) is 2.93. The van der Waals surface area contributed by atoms with Crippen molar-refractivity contribution in [3.8, 4) is 5.75 Å². The summed E-state index contributed by atoms with van der Waals surface area (Å²) in [7, 11) is 0. The normalized spacial score (nSPS) is 10.3. The van der Waals surface area contributed by atoms with Gasteiger partial charge in [0, 0.05) is 13.1 Å². The van der Waals surface area contributed by atoms with E-state index in [-0.39, 0.29) is 6.03 Å². The Morgan fingerprint density at radius 2 is 1.89 bits per heavy atom. The van der Waals surface area contributed by atoms with Crippen LogP contribution in [0.1, 0.15) is 32.8 Å². The van der Waals surface area contributed by atoms with Crippen LogP contribution in [0.15, 0.2) is 24.3 Å². The molecule has 0 unspecified atom stereocenters. The van der Waals surface area contributed by atoms with Gasteiger partial charge in [-0.1, -0.05) is 26.0 Å². The SMILES string of the molecule is CCOc1ccc(CNC(=O)NCCC(C)C)cc1. The first kappa shape index (κ1) is 15.3. The van der Waals surface area contributed by atoms with E-state index in [1.54, 1.807) is 0 Å². The highest BCUT2D eigenvalue weighted by molar-refractivity contribution is 5.73. The third-order valence-electron chi connectivity index (χ3n) is 2.69. The first-order valence-corrected chi connectivity index (χ1v) is 6.85. The van der Waals surface area contributed by atoms with Gasteiger partial charge >= 0.3 is 6.03 Å². The average molecular weight is 264 g/mol. The largest absolute Gasteiger partial charge is 0.494 e. The monoisotopic (exact) mass is 264 g/mol. The van der Waals surface area contributed by atoms with Crippen LogP contribution >= 0.6 is 0 Å². The van der Waals surface area contributed by atoms with Gasteiger partial charge in [0.1, 0.15) is 5.75 Å². The number of carbonyl (C=O) groups excluding carboxylic acids is 1. The van der Waals surface area contributed by atoms with Crippen molar-refractivity contribution < 1.29 is 9.53 Å². The summed E-state index contributed by atoms with van der Waals surface area (Å²) in [5, 5.41) is 5.67. The zero-order valence-corrected chi connectivity index (χ0v) is 12.0. The van der Waals surface area contributed by atoms with Crippen molar-refractivity contribution in [3.63, 3.8) is 0 Å². The molecule has 1 aromatic rings. The average Bonchev–Trinajstić information content (AvgIpc) is 2.38. The zero-order chi connectivity index (χ0) is 14.1. The lowest BCUT2D eigenvalue weighted by molar-refractivity contribution is 0.240. The Morgan fingerprint density at radius 3 is 2.47 bits per heavy atom. The topological polar surface area (TPSA) is 50.4 Å². The van der Waals surface area contributed by atoms with Crippen LogP contribution in [0.25, 0.3) is 0 Å². The van der Waals surface area contributed by atoms with Gasteiger partial charge in [-0.15, -0.1) is 0 Å². The minimum absolute atomic E-state index is 0.116. The molecule has 0 atom stereocenters. The van der Waals surface area contributed by atoms with Gasteiger partial charge in [0.2, 0.25) is 0 Å². The number of rotatable bonds is 7. The molecule has 4 nitrogen and oxygen atoms in total. The van der Waals surface area contributed by atoms with Crippen LogP contribution in [0.5, 0.6) is 5.75 Å². The third-order valence-corrected chi connectivity index (χ3v) is 2.69. The number of carbonyl (C=O) groups is 1. The molecule has 0 saturated carbocycles. The number of urea groups is 1. The zero-order valence-electron chi connectivity index (χ0n) is 12.0. The maximum absolute atomic E-state index is 11.5. The summed E-state index contributed by atoms with van der Waals surface area (Å²) < 4.78 is 5.36. The van der Waals surface area contributed by atoms with E-state index >= 15 is 0 Å². The molecule has 2 amide bonds. The van der Waals surface area contributed by atoms with Gasteiger partial charge in [0.25, 0.3) is 0 Å². The molecule has 19 heavy (non-hydrogen) atoms. The van der Waals surface area contributed by atoms with Crippen molar-refractivity contribution in [3.05, 3.63) is 29.8 Å².